The van der Waals surface area contributed by atoms with E-state index in [0.717, 1.165) is 23.9 Å². The predicted octanol–water partition coefficient (Wildman–Crippen LogP) is 2.96. The van der Waals surface area contributed by atoms with Gasteiger partial charge in [0.05, 0.1) is 23.1 Å². The summed E-state index contributed by atoms with van der Waals surface area (Å²) < 4.78 is 63.1. The van der Waals surface area contributed by atoms with Gasteiger partial charge in [-0.3, -0.25) is 4.79 Å². The molecule has 0 bridgehead atoms. The molecule has 0 radical (unpaired) electrons. The van der Waals surface area contributed by atoms with Crippen LogP contribution in [0.2, 0.25) is 0 Å². The molecule has 0 N–H and O–H groups in total. The third-order valence-electron chi connectivity index (χ3n) is 4.22. The van der Waals surface area contributed by atoms with Crippen molar-refractivity contribution in [2.24, 2.45) is 10.9 Å². The number of hydrogen-bond donors (Lipinski definition) is 0. The van der Waals surface area contributed by atoms with Crippen molar-refractivity contribution in [2.75, 3.05) is 16.4 Å². The Kier molecular flexibility index (Phi) is 4.85. The van der Waals surface area contributed by atoms with Gasteiger partial charge in [-0.1, -0.05) is 31.7 Å². The number of sulfone groups is 1. The lowest BCUT2D eigenvalue weighted by Crippen LogP contribution is -2.38. The normalized spacial score (nSPS) is 26.5. The molecule has 0 unspecified atom stereocenters. The van der Waals surface area contributed by atoms with Crippen LogP contribution >= 0.6 is 11.8 Å². The van der Waals surface area contributed by atoms with Crippen molar-refractivity contribution in [3.05, 3.63) is 29.8 Å². The SMILES string of the molecule is CC(C)C(=O)N=C1S[C@@H]2CS(=O)(=O)C[C@H]2N1c1cccc(C(F)(F)F)c1. The fraction of sp³-hybridized carbons (Fsp3) is 0.500. The summed E-state index contributed by atoms with van der Waals surface area (Å²) in [5.74, 6) is -1.01. The first-order chi connectivity index (χ1) is 12.0. The van der Waals surface area contributed by atoms with E-state index in [-0.39, 0.29) is 33.5 Å². The minimum Gasteiger partial charge on any atom is -0.316 e. The van der Waals surface area contributed by atoms with Gasteiger partial charge in [0, 0.05) is 16.9 Å². The number of hydrogen-bond acceptors (Lipinski definition) is 4. The van der Waals surface area contributed by atoms with E-state index in [2.05, 4.69) is 4.99 Å². The minimum atomic E-state index is -4.52. The highest BCUT2D eigenvalue weighted by Crippen LogP contribution is 2.42. The van der Waals surface area contributed by atoms with Crippen molar-refractivity contribution in [1.82, 2.24) is 0 Å². The van der Waals surface area contributed by atoms with E-state index in [9.17, 15) is 26.4 Å². The van der Waals surface area contributed by atoms with Crippen LogP contribution in [0.15, 0.2) is 29.3 Å². The third-order valence-corrected chi connectivity index (χ3v) is 7.43. The first kappa shape index (κ1) is 19.2. The van der Waals surface area contributed by atoms with Crippen LogP contribution in [0.4, 0.5) is 18.9 Å². The maximum atomic E-state index is 13.1. The number of fused-ring (bicyclic) bond motifs is 1. The highest BCUT2D eigenvalue weighted by molar-refractivity contribution is 8.16. The Balaban J connectivity index is 2.05. The van der Waals surface area contributed by atoms with Gasteiger partial charge in [0.1, 0.15) is 0 Å². The van der Waals surface area contributed by atoms with Crippen molar-refractivity contribution < 1.29 is 26.4 Å². The second kappa shape index (κ2) is 6.56. The second-order valence-corrected chi connectivity index (χ2v) is 9.97. The van der Waals surface area contributed by atoms with Gasteiger partial charge in [-0.2, -0.15) is 18.2 Å². The van der Waals surface area contributed by atoms with Crippen molar-refractivity contribution in [3.63, 3.8) is 0 Å². The average Bonchev–Trinajstić information content (AvgIpc) is 2.97. The first-order valence-corrected chi connectivity index (χ1v) is 10.6. The van der Waals surface area contributed by atoms with Gasteiger partial charge in [-0.15, -0.1) is 0 Å². The summed E-state index contributed by atoms with van der Waals surface area (Å²) in [7, 11) is -3.28. The van der Waals surface area contributed by atoms with Crippen LogP contribution in [0.3, 0.4) is 0 Å². The van der Waals surface area contributed by atoms with E-state index in [0.29, 0.717) is 0 Å². The molecule has 2 fully saturated rings. The van der Waals surface area contributed by atoms with E-state index < -0.39 is 33.5 Å². The summed E-state index contributed by atoms with van der Waals surface area (Å²) >= 11 is 1.14. The summed E-state index contributed by atoms with van der Waals surface area (Å²) in [6, 6.07) is 4.11. The van der Waals surface area contributed by atoms with Gasteiger partial charge in [0.25, 0.3) is 5.91 Å². The molecule has 142 valence electrons. The summed E-state index contributed by atoms with van der Waals surface area (Å²) in [4.78, 5) is 17.5. The van der Waals surface area contributed by atoms with Crippen LogP contribution in [0.1, 0.15) is 19.4 Å². The van der Waals surface area contributed by atoms with Crippen molar-refractivity contribution in [2.45, 2.75) is 31.3 Å². The monoisotopic (exact) mass is 406 g/mol. The maximum Gasteiger partial charge on any atom is 0.416 e. The number of thioether (sulfide) groups is 1. The van der Waals surface area contributed by atoms with Crippen LogP contribution in [0, 0.1) is 5.92 Å². The molecule has 1 aromatic carbocycles. The summed E-state index contributed by atoms with van der Waals surface area (Å²) in [5, 5.41) is -0.0961. The number of nitrogens with zero attached hydrogens (tertiary/aromatic N) is 2. The second-order valence-electron chi connectivity index (χ2n) is 6.61. The molecule has 2 aliphatic heterocycles. The fourth-order valence-corrected chi connectivity index (χ4v) is 6.84. The number of carbonyl (C=O) groups is 1. The Bertz CT molecular complexity index is 866. The molecular formula is C16H17F3N2O3S2. The largest absolute Gasteiger partial charge is 0.416 e. The first-order valence-electron chi connectivity index (χ1n) is 7.94. The van der Waals surface area contributed by atoms with Gasteiger partial charge in [-0.05, 0) is 18.2 Å². The van der Waals surface area contributed by atoms with Gasteiger partial charge >= 0.3 is 6.18 Å². The molecule has 2 saturated heterocycles. The number of amidine groups is 1. The molecule has 26 heavy (non-hydrogen) atoms. The van der Waals surface area contributed by atoms with E-state index in [4.69, 9.17) is 0 Å². The molecule has 1 aromatic rings. The Morgan fingerprint density at radius 2 is 2.00 bits per heavy atom. The topological polar surface area (TPSA) is 66.8 Å². The highest BCUT2D eigenvalue weighted by Gasteiger charge is 2.49. The van der Waals surface area contributed by atoms with Gasteiger partial charge in [-0.25, -0.2) is 8.42 Å². The highest BCUT2D eigenvalue weighted by atomic mass is 32.2. The molecule has 3 rings (SSSR count). The lowest BCUT2D eigenvalue weighted by atomic mass is 10.1. The number of carbonyl (C=O) groups excluding carboxylic acids is 1. The summed E-state index contributed by atoms with van der Waals surface area (Å²) in [6.45, 7) is 3.35. The van der Waals surface area contributed by atoms with Crippen molar-refractivity contribution in [1.29, 1.82) is 0 Å². The molecule has 0 saturated carbocycles. The zero-order valence-corrected chi connectivity index (χ0v) is 15.7. The molecule has 2 heterocycles. The van der Waals surface area contributed by atoms with Crippen LogP contribution in [-0.4, -0.2) is 42.3 Å². The van der Waals surface area contributed by atoms with Crippen LogP contribution in [0.5, 0.6) is 0 Å². The van der Waals surface area contributed by atoms with Gasteiger partial charge < -0.3 is 4.90 Å². The number of halogens is 3. The number of rotatable bonds is 2. The summed E-state index contributed by atoms with van der Waals surface area (Å²) in [6.07, 6.45) is -4.52. The molecule has 0 aromatic heterocycles. The van der Waals surface area contributed by atoms with E-state index in [1.807, 2.05) is 0 Å². The third kappa shape index (κ3) is 3.75. The van der Waals surface area contributed by atoms with Crippen LogP contribution in [-0.2, 0) is 20.8 Å². The Morgan fingerprint density at radius 1 is 1.31 bits per heavy atom. The van der Waals surface area contributed by atoms with Gasteiger partial charge in [0.2, 0.25) is 0 Å². The Morgan fingerprint density at radius 3 is 2.62 bits per heavy atom. The number of alkyl halides is 3. The Labute approximate surface area is 153 Å². The molecule has 5 nitrogen and oxygen atoms in total. The summed E-state index contributed by atoms with van der Waals surface area (Å²) in [5.41, 5.74) is -0.647. The molecule has 1 amide bonds. The zero-order valence-electron chi connectivity index (χ0n) is 14.0. The molecule has 0 aliphatic carbocycles. The van der Waals surface area contributed by atoms with Crippen molar-refractivity contribution >= 4 is 38.4 Å². The van der Waals surface area contributed by atoms with E-state index >= 15 is 0 Å². The molecule has 10 heteroatoms. The molecular weight excluding hydrogens is 389 g/mol. The number of amides is 1. The predicted molar refractivity (Wildman–Crippen MR) is 95.0 cm³/mol. The van der Waals surface area contributed by atoms with E-state index in [1.165, 1.54) is 17.0 Å². The lowest BCUT2D eigenvalue weighted by molar-refractivity contribution is -0.137. The maximum absolute atomic E-state index is 13.1. The molecule has 2 atom stereocenters. The average molecular weight is 406 g/mol. The van der Waals surface area contributed by atoms with Crippen LogP contribution < -0.4 is 4.90 Å². The number of aliphatic imine (C=N–C) groups is 1. The molecule has 2 aliphatic rings. The quantitative estimate of drug-likeness (QED) is 0.756. The Hall–Kier alpha value is -1.55. The minimum absolute atomic E-state index is 0.0767. The van der Waals surface area contributed by atoms with Gasteiger partial charge in [0.15, 0.2) is 15.0 Å². The number of benzene rings is 1. The van der Waals surface area contributed by atoms with Crippen molar-refractivity contribution in [3.8, 4) is 0 Å². The molecule has 0 spiro atoms. The number of anilines is 1. The lowest BCUT2D eigenvalue weighted by Gasteiger charge is -2.25. The van der Waals surface area contributed by atoms with E-state index in [1.54, 1.807) is 13.8 Å². The standard InChI is InChI=1S/C16H17F3N2O3S2/c1-9(2)14(22)20-15-21(12-7-26(23,24)8-13(12)25-15)11-5-3-4-10(6-11)16(17,18)19/h3-6,9,12-13H,7-8H2,1-2H3/t12-,13-/m1/s1. The van der Waals surface area contributed by atoms with Crippen LogP contribution in [0.25, 0.3) is 0 Å². The smallest absolute Gasteiger partial charge is 0.316 e. The fourth-order valence-electron chi connectivity index (χ4n) is 2.92. The zero-order chi connectivity index (χ0) is 19.3.